The van der Waals surface area contributed by atoms with Gasteiger partial charge in [0.2, 0.25) is 5.82 Å². The zero-order valence-electron chi connectivity index (χ0n) is 34.9. The molecule has 1 heterocycles. The first-order valence-corrected chi connectivity index (χ1v) is 20.6. The summed E-state index contributed by atoms with van der Waals surface area (Å²) < 4.78 is 76.0. The van der Waals surface area contributed by atoms with Crippen molar-refractivity contribution in [2.75, 3.05) is 0 Å². The first-order chi connectivity index (χ1) is 27.9. The normalized spacial score (nSPS) is 9.76. The molecule has 0 saturated heterocycles. The summed E-state index contributed by atoms with van der Waals surface area (Å²) in [5, 5.41) is 0. The third-order valence-electron chi connectivity index (χ3n) is 8.63. The number of nitrogens with zero attached hydrogens (tertiary/aromatic N) is 1. The van der Waals surface area contributed by atoms with Gasteiger partial charge in [-0.05, 0) is 110 Å². The molecule has 0 aliphatic heterocycles. The minimum absolute atomic E-state index is 0.175. The van der Waals surface area contributed by atoms with Gasteiger partial charge in [0, 0.05) is 21.9 Å². The third-order valence-corrected chi connectivity index (χ3v) is 9.09. The van der Waals surface area contributed by atoms with Crippen LogP contribution in [0.3, 0.4) is 0 Å². The van der Waals surface area contributed by atoms with Crippen LogP contribution in [0.5, 0.6) is 0 Å². The quantitative estimate of drug-likeness (QED) is 0.0844. The van der Waals surface area contributed by atoms with Crippen molar-refractivity contribution < 1.29 is 26.3 Å². The van der Waals surface area contributed by atoms with Crippen molar-refractivity contribution >= 4 is 15.9 Å². The highest BCUT2D eigenvalue weighted by molar-refractivity contribution is 9.10. The predicted octanol–water partition coefficient (Wildman–Crippen LogP) is 15.6. The van der Waals surface area contributed by atoms with Gasteiger partial charge < -0.3 is 0 Å². The number of hydrogen-bond donors (Lipinski definition) is 0. The summed E-state index contributed by atoms with van der Waals surface area (Å²) in [7, 11) is 0. The summed E-state index contributed by atoms with van der Waals surface area (Å²) in [6, 6.07) is 40.5. The largest absolute Gasteiger partial charge is 0.261 e. The van der Waals surface area contributed by atoms with Gasteiger partial charge in [-0.1, -0.05) is 155 Å². The second kappa shape index (κ2) is 30.4. The smallest absolute Gasteiger partial charge is 0.200 e. The number of pyridine rings is 1. The average molecular weight is 867 g/mol. The molecule has 1 aromatic heterocycles. The fourth-order valence-electron chi connectivity index (χ4n) is 5.13. The molecule has 0 unspecified atom stereocenters. The molecule has 5 aromatic carbocycles. The van der Waals surface area contributed by atoms with E-state index in [1.807, 2.05) is 43.5 Å². The Bertz CT molecular complexity index is 1880. The molecular weight excluding hydrogens is 808 g/mol. The lowest BCUT2D eigenvalue weighted by molar-refractivity contribution is 0.370. The van der Waals surface area contributed by atoms with E-state index in [2.05, 4.69) is 134 Å². The fourth-order valence-corrected chi connectivity index (χ4v) is 5.64. The molecule has 0 aliphatic carbocycles. The molecule has 0 bridgehead atoms. The van der Waals surface area contributed by atoms with Gasteiger partial charge in [0.15, 0.2) is 23.3 Å². The maximum Gasteiger partial charge on any atom is 0.200 e. The standard InChI is InChI=1S/C10H14.C9H12.C8H8BrF.C8H5F5.C8H10.C7H9N/c1-2-3-7-10-8-5-4-6-9-10;1-3-9-7-5-4-6-8(9)2;1-2-6-3-7(9)5-8(10)4-6;1-2-3-4(9)6(11)8(13)7(12)5(3)10;1-2-8-6-4-3-5-7-8;1-2-7-5-3-4-6-8-7/h4-6,8-9H,2-3,7H2,1H3;4-7H,3H2,1-2H3;3-5H,2H2,1H3;2H2,1H3;3-7H,2H2,1H3;3-6H,2H2,1H3. The van der Waals surface area contributed by atoms with Crippen molar-refractivity contribution in [2.24, 2.45) is 0 Å². The number of benzene rings is 5. The lowest BCUT2D eigenvalue weighted by atomic mass is 10.1. The number of unbranched alkanes of at least 4 members (excludes halogenated alkanes) is 1. The second-order valence-corrected chi connectivity index (χ2v) is 13.8. The zero-order chi connectivity index (χ0) is 43.3. The Labute approximate surface area is 351 Å². The number of aryl methyl sites for hydroxylation is 6. The highest BCUT2D eigenvalue weighted by Gasteiger charge is 2.24. The summed E-state index contributed by atoms with van der Waals surface area (Å²) in [6.45, 7) is 14.1. The molecule has 6 rings (SSSR count). The topological polar surface area (TPSA) is 12.9 Å². The van der Waals surface area contributed by atoms with E-state index in [4.69, 9.17) is 0 Å². The fraction of sp³-hybridized carbons (Fsp3) is 0.300. The number of halogens is 7. The molecule has 0 fully saturated rings. The minimum atomic E-state index is -2.12. The van der Waals surface area contributed by atoms with E-state index in [1.165, 1.54) is 54.5 Å². The SMILES string of the molecule is CCCCc1ccccc1.CCc1c(F)c(F)c(F)c(F)c1F.CCc1cc(F)cc(Br)c1.CCc1ccccc1.CCc1ccccc1C.CCc1ccccn1. The first kappa shape index (κ1) is 51.3. The molecule has 6 aromatic rings. The van der Waals surface area contributed by atoms with Crippen molar-refractivity contribution in [3.63, 3.8) is 0 Å². The molecule has 0 N–H and O–H groups in total. The summed E-state index contributed by atoms with van der Waals surface area (Å²) in [5.74, 6) is -9.58. The van der Waals surface area contributed by atoms with Crippen LogP contribution in [0.4, 0.5) is 26.3 Å². The molecule has 0 radical (unpaired) electrons. The van der Waals surface area contributed by atoms with Crippen molar-refractivity contribution in [1.29, 1.82) is 0 Å². The molecular formula is C50H58BrF6N. The number of hydrogen-bond acceptors (Lipinski definition) is 1. The van der Waals surface area contributed by atoms with E-state index >= 15 is 0 Å². The zero-order valence-corrected chi connectivity index (χ0v) is 36.5. The van der Waals surface area contributed by atoms with Crippen molar-refractivity contribution in [3.05, 3.63) is 206 Å². The van der Waals surface area contributed by atoms with Gasteiger partial charge >= 0.3 is 0 Å². The molecule has 312 valence electrons. The molecule has 58 heavy (non-hydrogen) atoms. The molecule has 0 saturated carbocycles. The Morgan fingerprint density at radius 2 is 1.00 bits per heavy atom. The molecule has 0 atom stereocenters. The molecule has 1 nitrogen and oxygen atoms in total. The van der Waals surface area contributed by atoms with E-state index in [0.717, 1.165) is 41.4 Å². The van der Waals surface area contributed by atoms with Crippen LogP contribution in [0.2, 0.25) is 0 Å². The van der Waals surface area contributed by atoms with Crippen LogP contribution in [0.15, 0.2) is 132 Å². The Balaban J connectivity index is 0.000000351. The average Bonchev–Trinajstić information content (AvgIpc) is 3.26. The lowest BCUT2D eigenvalue weighted by Gasteiger charge is -2.04. The van der Waals surface area contributed by atoms with E-state index in [-0.39, 0.29) is 12.2 Å². The maximum atomic E-state index is 12.7. The number of aromatic nitrogens is 1. The predicted molar refractivity (Wildman–Crippen MR) is 234 cm³/mol. The van der Waals surface area contributed by atoms with E-state index < -0.39 is 34.6 Å². The maximum absolute atomic E-state index is 12.7. The van der Waals surface area contributed by atoms with Crippen LogP contribution < -0.4 is 0 Å². The Morgan fingerprint density at radius 3 is 1.40 bits per heavy atom. The van der Waals surface area contributed by atoms with Gasteiger partial charge in [-0.15, -0.1) is 0 Å². The van der Waals surface area contributed by atoms with Gasteiger partial charge in [0.25, 0.3) is 0 Å². The van der Waals surface area contributed by atoms with Crippen molar-refractivity contribution in [1.82, 2.24) is 4.98 Å². The van der Waals surface area contributed by atoms with E-state index in [1.54, 1.807) is 6.07 Å². The first-order valence-electron chi connectivity index (χ1n) is 19.8. The number of rotatable bonds is 8. The van der Waals surface area contributed by atoms with Gasteiger partial charge in [-0.2, -0.15) is 0 Å². The highest BCUT2D eigenvalue weighted by Crippen LogP contribution is 2.23. The van der Waals surface area contributed by atoms with Gasteiger partial charge in [0.05, 0.1) is 0 Å². The molecule has 0 aliphatic rings. The third kappa shape index (κ3) is 20.1. The van der Waals surface area contributed by atoms with Crippen LogP contribution >= 0.6 is 15.9 Å². The van der Waals surface area contributed by atoms with Gasteiger partial charge in [-0.25, -0.2) is 26.3 Å². The Hall–Kier alpha value is -4.69. The van der Waals surface area contributed by atoms with Crippen LogP contribution in [0.25, 0.3) is 0 Å². The van der Waals surface area contributed by atoms with Crippen LogP contribution in [0.1, 0.15) is 93.5 Å². The van der Waals surface area contributed by atoms with Gasteiger partial charge in [-0.3, -0.25) is 4.98 Å². The van der Waals surface area contributed by atoms with Gasteiger partial charge in [0.1, 0.15) is 5.82 Å². The second-order valence-electron chi connectivity index (χ2n) is 12.9. The lowest BCUT2D eigenvalue weighted by Crippen LogP contribution is -2.05. The van der Waals surface area contributed by atoms with Crippen LogP contribution in [-0.4, -0.2) is 4.98 Å². The molecule has 0 amide bonds. The Kier molecular flexibility index (Phi) is 26.9. The molecule has 8 heteroatoms. The van der Waals surface area contributed by atoms with Crippen LogP contribution in [0, 0.1) is 41.8 Å². The Morgan fingerprint density at radius 1 is 0.483 bits per heavy atom. The summed E-state index contributed by atoms with van der Waals surface area (Å²) in [4.78, 5) is 4.10. The summed E-state index contributed by atoms with van der Waals surface area (Å²) in [6.07, 6.45) is 9.59. The minimum Gasteiger partial charge on any atom is -0.261 e. The summed E-state index contributed by atoms with van der Waals surface area (Å²) in [5.41, 5.74) is 7.13. The van der Waals surface area contributed by atoms with Crippen LogP contribution in [-0.2, 0) is 38.5 Å². The van der Waals surface area contributed by atoms with E-state index in [0.29, 0.717) is 0 Å². The van der Waals surface area contributed by atoms with E-state index in [9.17, 15) is 26.3 Å². The van der Waals surface area contributed by atoms with Crippen molar-refractivity contribution in [3.8, 4) is 0 Å². The highest BCUT2D eigenvalue weighted by atomic mass is 79.9. The monoisotopic (exact) mass is 865 g/mol. The molecule has 0 spiro atoms. The van der Waals surface area contributed by atoms with Crippen molar-refractivity contribution in [2.45, 2.75) is 99.8 Å². The summed E-state index contributed by atoms with van der Waals surface area (Å²) >= 11 is 3.21.